The third-order valence-corrected chi connectivity index (χ3v) is 5.48. The zero-order valence-electron chi connectivity index (χ0n) is 14.5. The lowest BCUT2D eigenvalue weighted by Crippen LogP contribution is -2.31. The molecule has 1 aliphatic rings. The third kappa shape index (κ3) is 6.53. The van der Waals surface area contributed by atoms with Crippen LogP contribution in [0.15, 0.2) is 24.3 Å². The van der Waals surface area contributed by atoms with Crippen molar-refractivity contribution in [1.82, 2.24) is 0 Å². The maximum Gasteiger partial charge on any atom is 0.344 e. The molecule has 0 radical (unpaired) electrons. The summed E-state index contributed by atoms with van der Waals surface area (Å²) in [5, 5.41) is 0. The first kappa shape index (κ1) is 18.8. The second-order valence-corrected chi connectivity index (χ2v) is 8.93. The Kier molecular flexibility index (Phi) is 6.69. The quantitative estimate of drug-likeness (QED) is 0.446. The summed E-state index contributed by atoms with van der Waals surface area (Å²) >= 11 is 0. The molecule has 132 valence electrons. The zero-order valence-corrected chi connectivity index (χ0v) is 15.3. The lowest BCUT2D eigenvalue weighted by Gasteiger charge is -2.19. The molecule has 6 heteroatoms. The normalized spacial score (nSPS) is 15.8. The van der Waals surface area contributed by atoms with Crippen molar-refractivity contribution in [3.63, 3.8) is 0 Å². The van der Waals surface area contributed by atoms with Gasteiger partial charge in [0, 0.05) is 16.5 Å². The van der Waals surface area contributed by atoms with Crippen molar-refractivity contribution < 1.29 is 23.8 Å². The summed E-state index contributed by atoms with van der Waals surface area (Å²) < 4.78 is 15.9. The highest BCUT2D eigenvalue weighted by molar-refractivity contribution is 7.97. The lowest BCUT2D eigenvalue weighted by molar-refractivity contribution is -0.157. The second kappa shape index (κ2) is 8.53. The molecule has 1 heterocycles. The maximum atomic E-state index is 12.3. The van der Waals surface area contributed by atoms with Crippen LogP contribution in [0.25, 0.3) is 0 Å². The van der Waals surface area contributed by atoms with E-state index in [2.05, 4.69) is 0 Å². The van der Waals surface area contributed by atoms with Gasteiger partial charge in [-0.2, -0.15) is 0 Å². The number of carbonyl (C=O) groups excluding carboxylic acids is 2. The van der Waals surface area contributed by atoms with Crippen molar-refractivity contribution in [3.05, 3.63) is 29.8 Å². The van der Waals surface area contributed by atoms with E-state index in [1.165, 1.54) is 0 Å². The van der Waals surface area contributed by atoms with Gasteiger partial charge in [-0.3, -0.25) is 4.79 Å². The Balaban J connectivity index is 1.81. The fourth-order valence-electron chi connectivity index (χ4n) is 2.22. The van der Waals surface area contributed by atoms with Crippen molar-refractivity contribution >= 4 is 22.6 Å². The number of benzene rings is 1. The van der Waals surface area contributed by atoms with Crippen molar-refractivity contribution in [2.45, 2.75) is 26.4 Å². The minimum atomic E-state index is -0.526. The van der Waals surface area contributed by atoms with Crippen molar-refractivity contribution in [3.8, 4) is 5.75 Å². The van der Waals surface area contributed by atoms with Crippen LogP contribution in [0.2, 0.25) is 0 Å². The summed E-state index contributed by atoms with van der Waals surface area (Å²) in [4.78, 5) is 23.9. The van der Waals surface area contributed by atoms with Gasteiger partial charge in [0.1, 0.15) is 22.9 Å². The SMILES string of the molecule is CC(C)(C)OC(=O)COc1ccc(C(=O)C[S+]2CCOCC2)cc1. The molecule has 0 spiro atoms. The Hall–Kier alpha value is -1.53. The van der Waals surface area contributed by atoms with Crippen LogP contribution in [-0.4, -0.2) is 54.4 Å². The van der Waals surface area contributed by atoms with E-state index in [9.17, 15) is 9.59 Å². The van der Waals surface area contributed by atoms with E-state index in [0.29, 0.717) is 17.1 Å². The number of esters is 1. The van der Waals surface area contributed by atoms with Gasteiger partial charge in [0.25, 0.3) is 0 Å². The monoisotopic (exact) mass is 353 g/mol. The molecule has 1 saturated heterocycles. The van der Waals surface area contributed by atoms with Crippen molar-refractivity contribution in [1.29, 1.82) is 0 Å². The molecule has 0 aromatic heterocycles. The molecular weight excluding hydrogens is 328 g/mol. The highest BCUT2D eigenvalue weighted by Gasteiger charge is 2.26. The number of carbonyl (C=O) groups is 2. The molecule has 0 unspecified atom stereocenters. The summed E-state index contributed by atoms with van der Waals surface area (Å²) in [6.45, 7) is 6.80. The Bertz CT molecular complexity index is 556. The molecule has 0 saturated carbocycles. The van der Waals surface area contributed by atoms with E-state index >= 15 is 0 Å². The van der Waals surface area contributed by atoms with Crippen LogP contribution < -0.4 is 4.74 Å². The summed E-state index contributed by atoms with van der Waals surface area (Å²) in [6, 6.07) is 6.92. The number of hydrogen-bond donors (Lipinski definition) is 0. The predicted octanol–water partition coefficient (Wildman–Crippen LogP) is 2.24. The number of Topliss-reactive ketones (excluding diaryl/α,β-unsaturated/α-hetero) is 1. The molecule has 1 aromatic rings. The van der Waals surface area contributed by atoms with Crippen LogP contribution >= 0.6 is 0 Å². The number of rotatable bonds is 6. The molecule has 0 aliphatic carbocycles. The molecule has 2 rings (SSSR count). The standard InChI is InChI=1S/C18H25O5S/c1-18(2,3)23-17(20)12-22-15-6-4-14(5-7-15)16(19)13-24-10-8-21-9-11-24/h4-7H,8-13H2,1-3H3/q+1. The van der Waals surface area contributed by atoms with Crippen molar-refractivity contribution in [2.24, 2.45) is 0 Å². The second-order valence-electron chi connectivity index (χ2n) is 6.60. The van der Waals surface area contributed by atoms with Gasteiger partial charge in [0.15, 0.2) is 12.4 Å². The first-order chi connectivity index (χ1) is 11.3. The van der Waals surface area contributed by atoms with Gasteiger partial charge < -0.3 is 14.2 Å². The number of ether oxygens (including phenoxy) is 3. The summed E-state index contributed by atoms with van der Waals surface area (Å²) in [7, 11) is 0.133. The first-order valence-electron chi connectivity index (χ1n) is 8.03. The number of hydrogen-bond acceptors (Lipinski definition) is 5. The minimum absolute atomic E-state index is 0.133. The minimum Gasteiger partial charge on any atom is -0.482 e. The molecule has 1 aliphatic heterocycles. The van der Waals surface area contributed by atoms with Gasteiger partial charge in [0.05, 0.1) is 13.2 Å². The Morgan fingerprint density at radius 3 is 2.33 bits per heavy atom. The van der Waals surface area contributed by atoms with Gasteiger partial charge in [0.2, 0.25) is 5.78 Å². The van der Waals surface area contributed by atoms with E-state index in [-0.39, 0.29) is 23.3 Å². The molecular formula is C18H25O5S+. The Morgan fingerprint density at radius 2 is 1.75 bits per heavy atom. The smallest absolute Gasteiger partial charge is 0.344 e. The van der Waals surface area contributed by atoms with Crippen molar-refractivity contribution in [2.75, 3.05) is 37.1 Å². The molecule has 0 amide bonds. The lowest BCUT2D eigenvalue weighted by atomic mass is 10.1. The van der Waals surface area contributed by atoms with Gasteiger partial charge >= 0.3 is 5.97 Å². The summed E-state index contributed by atoms with van der Waals surface area (Å²) in [5.41, 5.74) is 0.153. The van der Waals surface area contributed by atoms with Gasteiger partial charge in [-0.05, 0) is 45.0 Å². The van der Waals surface area contributed by atoms with Crippen LogP contribution in [0.4, 0.5) is 0 Å². The zero-order chi connectivity index (χ0) is 17.6. The Labute approximate surface area is 146 Å². The number of ketones is 1. The molecule has 0 atom stereocenters. The first-order valence-corrected chi connectivity index (χ1v) is 9.76. The largest absolute Gasteiger partial charge is 0.482 e. The predicted molar refractivity (Wildman–Crippen MR) is 94.9 cm³/mol. The fraction of sp³-hybridized carbons (Fsp3) is 0.556. The van der Waals surface area contributed by atoms with E-state index in [0.717, 1.165) is 24.7 Å². The molecule has 0 N–H and O–H groups in total. The van der Waals surface area contributed by atoms with E-state index in [1.807, 2.05) is 20.8 Å². The molecule has 24 heavy (non-hydrogen) atoms. The van der Waals surface area contributed by atoms with Gasteiger partial charge in [-0.1, -0.05) is 0 Å². The molecule has 5 nitrogen and oxygen atoms in total. The summed E-state index contributed by atoms with van der Waals surface area (Å²) in [5.74, 6) is 2.82. The third-order valence-electron chi connectivity index (χ3n) is 3.32. The molecule has 1 aromatic carbocycles. The van der Waals surface area contributed by atoms with Crippen LogP contribution in [0.3, 0.4) is 0 Å². The van der Waals surface area contributed by atoms with Crippen LogP contribution in [-0.2, 0) is 25.2 Å². The van der Waals surface area contributed by atoms with Gasteiger partial charge in [-0.15, -0.1) is 0 Å². The summed E-state index contributed by atoms with van der Waals surface area (Å²) in [6.07, 6.45) is 0. The van der Waals surface area contributed by atoms with Crippen LogP contribution in [0.5, 0.6) is 5.75 Å². The molecule has 1 fully saturated rings. The Morgan fingerprint density at radius 1 is 1.12 bits per heavy atom. The molecule has 0 bridgehead atoms. The average molecular weight is 353 g/mol. The van der Waals surface area contributed by atoms with Gasteiger partial charge in [-0.25, -0.2) is 4.79 Å². The average Bonchev–Trinajstić information content (AvgIpc) is 2.53. The highest BCUT2D eigenvalue weighted by Crippen LogP contribution is 2.15. The van der Waals surface area contributed by atoms with E-state index in [1.54, 1.807) is 24.3 Å². The van der Waals surface area contributed by atoms with Crippen LogP contribution in [0.1, 0.15) is 31.1 Å². The maximum absolute atomic E-state index is 12.3. The van der Waals surface area contributed by atoms with E-state index in [4.69, 9.17) is 14.2 Å². The topological polar surface area (TPSA) is 61.8 Å². The van der Waals surface area contributed by atoms with Crippen LogP contribution in [0, 0.1) is 0 Å². The highest BCUT2D eigenvalue weighted by atomic mass is 32.2. The van der Waals surface area contributed by atoms with E-state index < -0.39 is 11.6 Å². The fourth-order valence-corrected chi connectivity index (χ4v) is 3.96.